The number of nitrogens with one attached hydrogen (secondary N) is 1. The third-order valence-corrected chi connectivity index (χ3v) is 6.30. The van der Waals surface area contributed by atoms with E-state index in [9.17, 15) is 8.42 Å². The molecule has 26 heavy (non-hydrogen) atoms. The molecule has 0 saturated carbocycles. The van der Waals surface area contributed by atoms with Crippen LogP contribution in [0.1, 0.15) is 17.2 Å². The number of rotatable bonds is 6. The van der Waals surface area contributed by atoms with Crippen LogP contribution in [0.25, 0.3) is 0 Å². The van der Waals surface area contributed by atoms with Gasteiger partial charge in [0.2, 0.25) is 10.0 Å². The van der Waals surface area contributed by atoms with E-state index in [1.54, 1.807) is 36.6 Å². The highest BCUT2D eigenvalue weighted by molar-refractivity contribution is 7.90. The van der Waals surface area contributed by atoms with Crippen molar-refractivity contribution in [2.75, 3.05) is 32.6 Å². The third-order valence-electron chi connectivity index (χ3n) is 4.56. The fourth-order valence-corrected chi connectivity index (χ4v) is 4.53. The van der Waals surface area contributed by atoms with Crippen LogP contribution in [-0.4, -0.2) is 51.5 Å². The molecule has 0 bridgehead atoms. The zero-order valence-electron chi connectivity index (χ0n) is 15.2. The first kappa shape index (κ1) is 18.8. The topological polar surface area (TPSA) is 74.8 Å². The number of hydroxylamine groups is 2. The van der Waals surface area contributed by atoms with Crippen molar-refractivity contribution in [3.05, 3.63) is 59.9 Å². The predicted molar refractivity (Wildman–Crippen MR) is 101 cm³/mol. The molecule has 2 atom stereocenters. The van der Waals surface area contributed by atoms with Gasteiger partial charge in [-0.05, 0) is 35.4 Å². The molecule has 1 aliphatic heterocycles. The summed E-state index contributed by atoms with van der Waals surface area (Å²) in [6.07, 6.45) is 3.29. The zero-order valence-corrected chi connectivity index (χ0v) is 16.0. The van der Waals surface area contributed by atoms with Crippen LogP contribution < -0.4 is 9.62 Å². The molecular weight excluding hydrogens is 352 g/mol. The number of hydrogen-bond donors (Lipinski definition) is 1. The Morgan fingerprint density at radius 1 is 1.19 bits per heavy atom. The molecule has 2 aromatic rings. The van der Waals surface area contributed by atoms with Crippen molar-refractivity contribution < 1.29 is 13.3 Å². The summed E-state index contributed by atoms with van der Waals surface area (Å²) in [5, 5.41) is 0.945. The zero-order chi connectivity index (χ0) is 18.7. The molecule has 0 radical (unpaired) electrons. The third kappa shape index (κ3) is 4.04. The highest BCUT2D eigenvalue weighted by Crippen LogP contribution is 2.34. The van der Waals surface area contributed by atoms with Crippen molar-refractivity contribution in [3.63, 3.8) is 0 Å². The summed E-state index contributed by atoms with van der Waals surface area (Å²) in [5.41, 5.74) is 2.84. The molecular formula is C18H24N4O3S. The van der Waals surface area contributed by atoms with E-state index in [2.05, 4.69) is 9.71 Å². The van der Waals surface area contributed by atoms with E-state index < -0.39 is 15.3 Å². The summed E-state index contributed by atoms with van der Waals surface area (Å²) < 4.78 is 28.4. The van der Waals surface area contributed by atoms with E-state index in [0.717, 1.165) is 16.8 Å². The molecule has 8 heteroatoms. The molecule has 1 fully saturated rings. The Bertz CT molecular complexity index is 825. The van der Waals surface area contributed by atoms with Crippen LogP contribution in [0.2, 0.25) is 0 Å². The van der Waals surface area contributed by atoms with Crippen molar-refractivity contribution in [2.45, 2.75) is 17.8 Å². The van der Waals surface area contributed by atoms with E-state index >= 15 is 0 Å². The second-order valence-electron chi connectivity index (χ2n) is 6.53. The summed E-state index contributed by atoms with van der Waals surface area (Å²) >= 11 is 0. The largest absolute Gasteiger partial charge is 0.378 e. The van der Waals surface area contributed by atoms with Crippen molar-refractivity contribution in [3.8, 4) is 0 Å². The van der Waals surface area contributed by atoms with Crippen LogP contribution in [0.15, 0.2) is 48.8 Å². The van der Waals surface area contributed by atoms with Gasteiger partial charge in [0.05, 0.1) is 12.6 Å². The molecule has 1 aliphatic rings. The number of nitrogens with zero attached hydrogens (tertiary/aromatic N) is 3. The Kier molecular flexibility index (Phi) is 5.57. The maximum Gasteiger partial charge on any atom is 0.219 e. The molecule has 1 aromatic heterocycles. The van der Waals surface area contributed by atoms with Crippen LogP contribution >= 0.6 is 0 Å². The first-order valence-corrected chi connectivity index (χ1v) is 9.93. The van der Waals surface area contributed by atoms with Crippen molar-refractivity contribution >= 4 is 15.7 Å². The van der Waals surface area contributed by atoms with E-state index in [1.807, 2.05) is 43.3 Å². The monoisotopic (exact) mass is 376 g/mol. The summed E-state index contributed by atoms with van der Waals surface area (Å²) in [7, 11) is 2.14. The molecule has 1 saturated heterocycles. The Morgan fingerprint density at radius 2 is 1.85 bits per heavy atom. The lowest BCUT2D eigenvalue weighted by Crippen LogP contribution is -2.39. The van der Waals surface area contributed by atoms with E-state index in [1.165, 1.54) is 0 Å². The molecule has 0 aliphatic carbocycles. The lowest BCUT2D eigenvalue weighted by molar-refractivity contribution is -0.110. The average Bonchev–Trinajstić information content (AvgIpc) is 3.03. The number of benzene rings is 1. The number of hydrogen-bond acceptors (Lipinski definition) is 6. The van der Waals surface area contributed by atoms with E-state index in [0.29, 0.717) is 0 Å². The Morgan fingerprint density at radius 3 is 2.46 bits per heavy atom. The minimum absolute atomic E-state index is 0.127. The molecule has 2 heterocycles. The first-order valence-electron chi connectivity index (χ1n) is 8.39. The van der Waals surface area contributed by atoms with Gasteiger partial charge in [0.1, 0.15) is 5.25 Å². The lowest BCUT2D eigenvalue weighted by atomic mass is 10.0. The van der Waals surface area contributed by atoms with Gasteiger partial charge in [-0.1, -0.05) is 12.1 Å². The maximum absolute atomic E-state index is 12.9. The minimum Gasteiger partial charge on any atom is -0.378 e. The average molecular weight is 376 g/mol. The van der Waals surface area contributed by atoms with Crippen LogP contribution in [0.3, 0.4) is 0 Å². The van der Waals surface area contributed by atoms with Crippen molar-refractivity contribution in [1.29, 1.82) is 0 Å². The van der Waals surface area contributed by atoms with Crippen LogP contribution in [0.5, 0.6) is 0 Å². The van der Waals surface area contributed by atoms with Gasteiger partial charge in [0.25, 0.3) is 0 Å². The predicted octanol–water partition coefficient (Wildman–Crippen LogP) is 1.55. The van der Waals surface area contributed by atoms with Crippen molar-refractivity contribution in [1.82, 2.24) is 14.8 Å². The number of aromatic nitrogens is 1. The SMILES string of the molecule is CN(C)c1ccc(C2C(S(=O)(=O)NCc3ccncc3)CON2C)cc1. The number of pyridine rings is 1. The Hall–Kier alpha value is -2.00. The number of sulfonamides is 1. The molecule has 3 rings (SSSR count). The molecule has 1 aromatic carbocycles. The van der Waals surface area contributed by atoms with E-state index in [-0.39, 0.29) is 19.2 Å². The molecule has 1 N–H and O–H groups in total. The standard InChI is InChI=1S/C18H24N4O3S/c1-21(2)16-6-4-15(5-7-16)18-17(13-25-22(18)3)26(23,24)20-12-14-8-10-19-11-9-14/h4-11,17-18,20H,12-13H2,1-3H3. The van der Waals surface area contributed by atoms with Gasteiger partial charge in [0, 0.05) is 45.8 Å². The Labute approximate surface area is 154 Å². The minimum atomic E-state index is -3.56. The fourth-order valence-electron chi connectivity index (χ4n) is 3.04. The van der Waals surface area contributed by atoms with Gasteiger partial charge < -0.3 is 4.90 Å². The quantitative estimate of drug-likeness (QED) is 0.825. The molecule has 7 nitrogen and oxygen atoms in total. The molecule has 140 valence electrons. The van der Waals surface area contributed by atoms with Crippen molar-refractivity contribution in [2.24, 2.45) is 0 Å². The highest BCUT2D eigenvalue weighted by atomic mass is 32.2. The smallest absolute Gasteiger partial charge is 0.219 e. The normalized spacial score (nSPS) is 21.0. The van der Waals surface area contributed by atoms with E-state index in [4.69, 9.17) is 4.84 Å². The molecule has 2 unspecified atom stereocenters. The highest BCUT2D eigenvalue weighted by Gasteiger charge is 2.43. The molecule has 0 amide bonds. The van der Waals surface area contributed by atoms with Gasteiger partial charge in [-0.3, -0.25) is 9.82 Å². The first-order chi connectivity index (χ1) is 12.4. The lowest BCUT2D eigenvalue weighted by Gasteiger charge is -2.24. The maximum atomic E-state index is 12.9. The van der Waals surface area contributed by atoms with Crippen LogP contribution in [-0.2, 0) is 21.4 Å². The second-order valence-corrected chi connectivity index (χ2v) is 8.52. The Balaban J connectivity index is 1.78. The second kappa shape index (κ2) is 7.71. The van der Waals surface area contributed by atoms with Gasteiger partial charge in [-0.2, -0.15) is 5.06 Å². The van der Waals surface area contributed by atoms with Crippen LogP contribution in [0.4, 0.5) is 5.69 Å². The molecule has 0 spiro atoms. The summed E-state index contributed by atoms with van der Waals surface area (Å²) in [6.45, 7) is 0.361. The summed E-state index contributed by atoms with van der Waals surface area (Å²) in [6, 6.07) is 11.1. The fraction of sp³-hybridized carbons (Fsp3) is 0.389. The summed E-state index contributed by atoms with van der Waals surface area (Å²) in [5.74, 6) is 0. The van der Waals surface area contributed by atoms with Gasteiger partial charge in [-0.25, -0.2) is 13.1 Å². The van der Waals surface area contributed by atoms with Crippen LogP contribution in [0, 0.1) is 0 Å². The van der Waals surface area contributed by atoms with Gasteiger partial charge >= 0.3 is 0 Å². The van der Waals surface area contributed by atoms with Gasteiger partial charge in [-0.15, -0.1) is 0 Å². The summed E-state index contributed by atoms with van der Waals surface area (Å²) in [4.78, 5) is 11.5. The number of anilines is 1. The van der Waals surface area contributed by atoms with Gasteiger partial charge in [0.15, 0.2) is 0 Å².